The van der Waals surface area contributed by atoms with E-state index in [1.807, 2.05) is 0 Å². The second-order valence-corrected chi connectivity index (χ2v) is 3.53. The smallest absolute Gasteiger partial charge is 0.306 e. The summed E-state index contributed by atoms with van der Waals surface area (Å²) in [6.45, 7) is -0.126. The SMILES string of the molecule is CN1C(=O)COC1=Nc1ccc(F)c([N+](=O)[O-])c1. The molecular weight excluding hydrogens is 245 g/mol. The zero-order valence-corrected chi connectivity index (χ0v) is 9.29. The van der Waals surface area contributed by atoms with Gasteiger partial charge < -0.3 is 4.74 Å². The van der Waals surface area contributed by atoms with Gasteiger partial charge in [0.05, 0.1) is 10.6 Å². The number of hydrogen-bond donors (Lipinski definition) is 0. The molecule has 1 aromatic carbocycles. The molecule has 1 heterocycles. The third kappa shape index (κ3) is 2.12. The summed E-state index contributed by atoms with van der Waals surface area (Å²) in [6.07, 6.45) is 0. The van der Waals surface area contributed by atoms with Gasteiger partial charge in [-0.05, 0) is 12.1 Å². The maximum Gasteiger partial charge on any atom is 0.306 e. The van der Waals surface area contributed by atoms with Crippen LogP contribution in [0.1, 0.15) is 0 Å². The van der Waals surface area contributed by atoms with Crippen LogP contribution in [-0.2, 0) is 9.53 Å². The zero-order chi connectivity index (χ0) is 13.3. The van der Waals surface area contributed by atoms with Gasteiger partial charge in [0.15, 0.2) is 6.61 Å². The maximum absolute atomic E-state index is 13.1. The Morgan fingerprint density at radius 1 is 1.56 bits per heavy atom. The van der Waals surface area contributed by atoms with E-state index in [4.69, 9.17) is 4.74 Å². The lowest BCUT2D eigenvalue weighted by atomic mass is 10.3. The van der Waals surface area contributed by atoms with E-state index in [1.165, 1.54) is 18.0 Å². The topological polar surface area (TPSA) is 85.0 Å². The third-order valence-corrected chi connectivity index (χ3v) is 2.34. The fourth-order valence-electron chi connectivity index (χ4n) is 1.35. The second-order valence-electron chi connectivity index (χ2n) is 3.53. The first-order chi connectivity index (χ1) is 8.49. The number of hydrogen-bond acceptors (Lipinski definition) is 5. The molecule has 18 heavy (non-hydrogen) atoms. The lowest BCUT2D eigenvalue weighted by Crippen LogP contribution is -2.24. The van der Waals surface area contributed by atoms with E-state index in [-0.39, 0.29) is 24.2 Å². The molecule has 0 aromatic heterocycles. The minimum absolute atomic E-state index is 0.0286. The summed E-state index contributed by atoms with van der Waals surface area (Å²) in [5, 5.41) is 10.5. The Labute approximate surface area is 101 Å². The molecule has 0 bridgehead atoms. The molecule has 1 saturated heterocycles. The van der Waals surface area contributed by atoms with Gasteiger partial charge in [0.1, 0.15) is 0 Å². The first kappa shape index (κ1) is 12.0. The number of amidine groups is 1. The summed E-state index contributed by atoms with van der Waals surface area (Å²) in [7, 11) is 1.46. The highest BCUT2D eigenvalue weighted by Crippen LogP contribution is 2.24. The monoisotopic (exact) mass is 253 g/mol. The van der Waals surface area contributed by atoms with Crippen LogP contribution in [0.5, 0.6) is 0 Å². The summed E-state index contributed by atoms with van der Waals surface area (Å²) in [5.41, 5.74) is -0.538. The molecule has 1 amide bonds. The van der Waals surface area contributed by atoms with Crippen LogP contribution >= 0.6 is 0 Å². The molecule has 1 aliphatic heterocycles. The molecule has 1 fully saturated rings. The number of rotatable bonds is 2. The number of aliphatic imine (C=N–C) groups is 1. The maximum atomic E-state index is 13.1. The van der Waals surface area contributed by atoms with E-state index in [0.29, 0.717) is 0 Å². The average Bonchev–Trinajstić information content (AvgIpc) is 2.63. The largest absolute Gasteiger partial charge is 0.454 e. The van der Waals surface area contributed by atoms with Crippen molar-refractivity contribution in [2.75, 3.05) is 13.7 Å². The van der Waals surface area contributed by atoms with Crippen molar-refractivity contribution >= 4 is 23.3 Å². The van der Waals surface area contributed by atoms with Gasteiger partial charge in [-0.15, -0.1) is 0 Å². The van der Waals surface area contributed by atoms with Gasteiger partial charge in [-0.1, -0.05) is 0 Å². The van der Waals surface area contributed by atoms with Crippen molar-refractivity contribution in [1.29, 1.82) is 0 Å². The predicted molar refractivity (Wildman–Crippen MR) is 58.9 cm³/mol. The van der Waals surface area contributed by atoms with Crippen molar-refractivity contribution in [2.24, 2.45) is 4.99 Å². The van der Waals surface area contributed by atoms with Crippen molar-refractivity contribution in [3.63, 3.8) is 0 Å². The normalized spacial score (nSPS) is 17.1. The molecule has 0 unspecified atom stereocenters. The highest BCUT2D eigenvalue weighted by atomic mass is 19.1. The van der Waals surface area contributed by atoms with E-state index in [9.17, 15) is 19.3 Å². The Bertz CT molecular complexity index is 558. The van der Waals surface area contributed by atoms with Crippen molar-refractivity contribution < 1.29 is 18.8 Å². The van der Waals surface area contributed by atoms with E-state index in [0.717, 1.165) is 12.1 Å². The van der Waals surface area contributed by atoms with Gasteiger partial charge in [0.2, 0.25) is 5.82 Å². The molecule has 94 valence electrons. The molecular formula is C10H8FN3O4. The van der Waals surface area contributed by atoms with E-state index < -0.39 is 16.4 Å². The number of ether oxygens (including phenoxy) is 1. The Morgan fingerprint density at radius 2 is 2.28 bits per heavy atom. The van der Waals surface area contributed by atoms with Crippen LogP contribution in [0.15, 0.2) is 23.2 Å². The molecule has 1 aliphatic rings. The number of nitro benzene ring substituents is 1. The number of nitrogens with zero attached hydrogens (tertiary/aromatic N) is 3. The Hall–Kier alpha value is -2.51. The van der Waals surface area contributed by atoms with Gasteiger partial charge in [-0.25, -0.2) is 0 Å². The van der Waals surface area contributed by atoms with Crippen LogP contribution in [0.4, 0.5) is 15.8 Å². The lowest BCUT2D eigenvalue weighted by molar-refractivity contribution is -0.387. The van der Waals surface area contributed by atoms with E-state index in [1.54, 1.807) is 0 Å². The number of carbonyl (C=O) groups is 1. The summed E-state index contributed by atoms with van der Waals surface area (Å²) in [6, 6.07) is 3.20. The van der Waals surface area contributed by atoms with Crippen LogP contribution in [0, 0.1) is 15.9 Å². The number of halogens is 1. The first-order valence-corrected chi connectivity index (χ1v) is 4.91. The van der Waals surface area contributed by atoms with Crippen LogP contribution < -0.4 is 0 Å². The molecule has 1 aromatic rings. The van der Waals surface area contributed by atoms with E-state index in [2.05, 4.69) is 4.99 Å². The molecule has 0 spiro atoms. The fourth-order valence-corrected chi connectivity index (χ4v) is 1.35. The lowest BCUT2D eigenvalue weighted by Gasteiger charge is -2.05. The number of nitro groups is 1. The second kappa shape index (κ2) is 4.40. The van der Waals surface area contributed by atoms with Gasteiger partial charge in [0.25, 0.3) is 11.9 Å². The first-order valence-electron chi connectivity index (χ1n) is 4.91. The van der Waals surface area contributed by atoms with Gasteiger partial charge in [-0.3, -0.25) is 19.8 Å². The van der Waals surface area contributed by atoms with Gasteiger partial charge >= 0.3 is 5.69 Å². The Morgan fingerprint density at radius 3 is 2.83 bits per heavy atom. The average molecular weight is 253 g/mol. The van der Waals surface area contributed by atoms with E-state index >= 15 is 0 Å². The van der Waals surface area contributed by atoms with Gasteiger partial charge in [0, 0.05) is 13.1 Å². The summed E-state index contributed by atoms with van der Waals surface area (Å²) < 4.78 is 18.1. The van der Waals surface area contributed by atoms with Gasteiger partial charge in [-0.2, -0.15) is 9.38 Å². The highest BCUT2D eigenvalue weighted by Gasteiger charge is 2.25. The summed E-state index contributed by atoms with van der Waals surface area (Å²) >= 11 is 0. The minimum atomic E-state index is -0.944. The Kier molecular flexibility index (Phi) is 2.92. The van der Waals surface area contributed by atoms with Crippen LogP contribution in [0.25, 0.3) is 0 Å². The van der Waals surface area contributed by atoms with Crippen LogP contribution in [-0.4, -0.2) is 35.4 Å². The predicted octanol–water partition coefficient (Wildman–Crippen LogP) is 1.21. The fraction of sp³-hybridized carbons (Fsp3) is 0.200. The zero-order valence-electron chi connectivity index (χ0n) is 9.29. The molecule has 0 aliphatic carbocycles. The Balaban J connectivity index is 2.36. The van der Waals surface area contributed by atoms with Crippen molar-refractivity contribution in [1.82, 2.24) is 4.90 Å². The molecule has 0 N–H and O–H groups in total. The standard InChI is InChI=1S/C10H8FN3O4/c1-13-9(15)5-18-10(13)12-6-2-3-7(11)8(4-6)14(16)17/h2-4H,5H2,1H3. The molecule has 7 nitrogen and oxygen atoms in total. The number of likely N-dealkylation sites (N-methyl/N-ethyl adjacent to an activating group) is 1. The third-order valence-electron chi connectivity index (χ3n) is 2.34. The minimum Gasteiger partial charge on any atom is -0.454 e. The van der Waals surface area contributed by atoms with Crippen LogP contribution in [0.3, 0.4) is 0 Å². The summed E-state index contributed by atoms with van der Waals surface area (Å²) in [5.74, 6) is -1.22. The van der Waals surface area contributed by atoms with Crippen molar-refractivity contribution in [3.8, 4) is 0 Å². The molecule has 0 atom stereocenters. The quantitative estimate of drug-likeness (QED) is 0.585. The van der Waals surface area contributed by atoms with Crippen molar-refractivity contribution in [2.45, 2.75) is 0 Å². The number of amides is 1. The molecule has 8 heteroatoms. The number of benzene rings is 1. The number of carbonyl (C=O) groups excluding carboxylic acids is 1. The molecule has 2 rings (SSSR count). The highest BCUT2D eigenvalue weighted by molar-refractivity contribution is 6.00. The molecule has 0 radical (unpaired) electrons. The van der Waals surface area contributed by atoms with Crippen LogP contribution in [0.2, 0.25) is 0 Å². The van der Waals surface area contributed by atoms with Crippen molar-refractivity contribution in [3.05, 3.63) is 34.1 Å². The summed E-state index contributed by atoms with van der Waals surface area (Å²) in [4.78, 5) is 25.9. The molecule has 0 saturated carbocycles.